The molecule has 2 N–H and O–H groups in total. The Labute approximate surface area is 136 Å². The fourth-order valence-electron chi connectivity index (χ4n) is 1.69. The van der Waals surface area contributed by atoms with Crippen LogP contribution in [-0.2, 0) is 9.53 Å². The highest BCUT2D eigenvalue weighted by atomic mass is 35.5. The SMILES string of the molecule is COc1ccc(C(=O)OCC(=O)Nc2cccnc2Cl)c(O)c1. The van der Waals surface area contributed by atoms with Gasteiger partial charge in [-0.2, -0.15) is 0 Å². The molecule has 2 rings (SSSR count). The van der Waals surface area contributed by atoms with Crippen molar-refractivity contribution in [3.63, 3.8) is 0 Å². The fourth-order valence-corrected chi connectivity index (χ4v) is 1.85. The van der Waals surface area contributed by atoms with E-state index in [4.69, 9.17) is 21.1 Å². The predicted molar refractivity (Wildman–Crippen MR) is 82.8 cm³/mol. The topological polar surface area (TPSA) is 97.8 Å². The fraction of sp³-hybridized carbons (Fsp3) is 0.133. The van der Waals surface area contributed by atoms with Crippen LogP contribution in [0.15, 0.2) is 36.5 Å². The number of amides is 1. The normalized spacial score (nSPS) is 10.0. The minimum Gasteiger partial charge on any atom is -0.507 e. The molecule has 0 aliphatic rings. The van der Waals surface area contributed by atoms with Gasteiger partial charge < -0.3 is 19.9 Å². The molecule has 0 radical (unpaired) electrons. The van der Waals surface area contributed by atoms with Crippen molar-refractivity contribution in [2.24, 2.45) is 0 Å². The number of methoxy groups -OCH3 is 1. The van der Waals surface area contributed by atoms with Gasteiger partial charge in [-0.25, -0.2) is 9.78 Å². The van der Waals surface area contributed by atoms with Crippen molar-refractivity contribution in [3.8, 4) is 11.5 Å². The maximum Gasteiger partial charge on any atom is 0.342 e. The van der Waals surface area contributed by atoms with E-state index in [1.54, 1.807) is 12.1 Å². The summed E-state index contributed by atoms with van der Waals surface area (Å²) >= 11 is 5.80. The third-order valence-corrected chi connectivity index (χ3v) is 3.09. The van der Waals surface area contributed by atoms with Crippen LogP contribution >= 0.6 is 11.6 Å². The lowest BCUT2D eigenvalue weighted by Crippen LogP contribution is -2.21. The number of aromatic hydroxyl groups is 1. The number of phenols is 1. The van der Waals surface area contributed by atoms with Crippen molar-refractivity contribution in [2.45, 2.75) is 0 Å². The van der Waals surface area contributed by atoms with Gasteiger partial charge in [0.05, 0.1) is 12.8 Å². The molecule has 0 saturated carbocycles. The first kappa shape index (κ1) is 16.6. The van der Waals surface area contributed by atoms with Crippen LogP contribution in [0.3, 0.4) is 0 Å². The number of halogens is 1. The van der Waals surface area contributed by atoms with Gasteiger partial charge in [-0.05, 0) is 24.3 Å². The van der Waals surface area contributed by atoms with Crippen LogP contribution in [0.1, 0.15) is 10.4 Å². The van der Waals surface area contributed by atoms with Gasteiger partial charge in [-0.1, -0.05) is 11.6 Å². The first-order valence-electron chi connectivity index (χ1n) is 6.45. The number of hydrogen-bond acceptors (Lipinski definition) is 6. The number of esters is 1. The molecule has 1 aromatic heterocycles. The summed E-state index contributed by atoms with van der Waals surface area (Å²) in [5, 5.41) is 12.3. The molecule has 8 heteroatoms. The average molecular weight is 337 g/mol. The van der Waals surface area contributed by atoms with E-state index in [0.29, 0.717) is 11.4 Å². The molecule has 0 spiro atoms. The molecule has 0 saturated heterocycles. The number of ether oxygens (including phenoxy) is 2. The number of aromatic nitrogens is 1. The Bertz CT molecular complexity index is 736. The standard InChI is InChI=1S/C15H13ClN2O5/c1-22-9-4-5-10(12(19)7-9)15(21)23-8-13(20)18-11-3-2-6-17-14(11)16/h2-7,19H,8H2,1H3,(H,18,20). The van der Waals surface area contributed by atoms with E-state index in [-0.39, 0.29) is 16.5 Å². The minimum absolute atomic E-state index is 0.0713. The molecule has 2 aromatic rings. The molecule has 0 unspecified atom stereocenters. The van der Waals surface area contributed by atoms with Crippen molar-refractivity contribution in [1.29, 1.82) is 0 Å². The summed E-state index contributed by atoms with van der Waals surface area (Å²) in [6, 6.07) is 7.26. The third-order valence-electron chi connectivity index (χ3n) is 2.79. The zero-order chi connectivity index (χ0) is 16.8. The van der Waals surface area contributed by atoms with E-state index in [1.165, 1.54) is 31.5 Å². The number of carbonyl (C=O) groups excluding carboxylic acids is 2. The third kappa shape index (κ3) is 4.33. The first-order valence-corrected chi connectivity index (χ1v) is 6.83. The van der Waals surface area contributed by atoms with E-state index >= 15 is 0 Å². The lowest BCUT2D eigenvalue weighted by molar-refractivity contribution is -0.119. The molecule has 0 aliphatic heterocycles. The van der Waals surface area contributed by atoms with Crippen molar-refractivity contribution < 1.29 is 24.2 Å². The monoisotopic (exact) mass is 336 g/mol. The van der Waals surface area contributed by atoms with E-state index in [9.17, 15) is 14.7 Å². The van der Waals surface area contributed by atoms with Crippen LogP contribution in [0.2, 0.25) is 5.15 Å². The minimum atomic E-state index is -0.836. The lowest BCUT2D eigenvalue weighted by atomic mass is 10.2. The van der Waals surface area contributed by atoms with Crippen LogP contribution in [0.4, 0.5) is 5.69 Å². The molecule has 1 aromatic carbocycles. The van der Waals surface area contributed by atoms with Crippen molar-refractivity contribution in [3.05, 3.63) is 47.2 Å². The van der Waals surface area contributed by atoms with Gasteiger partial charge >= 0.3 is 5.97 Å². The van der Waals surface area contributed by atoms with Crippen LogP contribution in [0.5, 0.6) is 11.5 Å². The Morgan fingerprint density at radius 1 is 1.35 bits per heavy atom. The van der Waals surface area contributed by atoms with E-state index in [0.717, 1.165) is 0 Å². The molecular formula is C15H13ClN2O5. The van der Waals surface area contributed by atoms with Crippen molar-refractivity contribution >= 4 is 29.2 Å². The average Bonchev–Trinajstić information content (AvgIpc) is 2.54. The summed E-state index contributed by atoms with van der Waals surface area (Å²) in [6.45, 7) is -0.532. The zero-order valence-corrected chi connectivity index (χ0v) is 12.8. The summed E-state index contributed by atoms with van der Waals surface area (Å²) in [6.07, 6.45) is 1.48. The van der Waals surface area contributed by atoms with Gasteiger partial charge in [-0.3, -0.25) is 4.79 Å². The molecule has 0 fully saturated rings. The summed E-state index contributed by atoms with van der Waals surface area (Å²) in [5.74, 6) is -1.33. The van der Waals surface area contributed by atoms with Gasteiger partial charge in [0.2, 0.25) is 0 Å². The molecule has 120 valence electrons. The lowest BCUT2D eigenvalue weighted by Gasteiger charge is -2.09. The number of phenolic OH excluding ortho intramolecular Hbond substituents is 1. The second kappa shape index (κ2) is 7.46. The number of pyridine rings is 1. The summed E-state index contributed by atoms with van der Waals surface area (Å²) in [4.78, 5) is 27.4. The Morgan fingerprint density at radius 2 is 2.13 bits per heavy atom. The summed E-state index contributed by atoms with van der Waals surface area (Å²) < 4.78 is 9.75. The number of benzene rings is 1. The van der Waals surface area contributed by atoms with Crippen LogP contribution in [-0.4, -0.2) is 35.7 Å². The highest BCUT2D eigenvalue weighted by Crippen LogP contribution is 2.24. The highest BCUT2D eigenvalue weighted by molar-refractivity contribution is 6.32. The second-order valence-corrected chi connectivity index (χ2v) is 4.71. The Balaban J connectivity index is 1.94. The number of carbonyl (C=O) groups is 2. The van der Waals surface area contributed by atoms with Crippen molar-refractivity contribution in [2.75, 3.05) is 19.0 Å². The van der Waals surface area contributed by atoms with Gasteiger partial charge in [0.15, 0.2) is 11.8 Å². The van der Waals surface area contributed by atoms with E-state index in [2.05, 4.69) is 10.3 Å². The molecular weight excluding hydrogens is 324 g/mol. The van der Waals surface area contributed by atoms with Crippen LogP contribution in [0, 0.1) is 0 Å². The molecule has 0 atom stereocenters. The Kier molecular flexibility index (Phi) is 5.37. The second-order valence-electron chi connectivity index (χ2n) is 4.35. The number of anilines is 1. The maximum absolute atomic E-state index is 11.8. The summed E-state index contributed by atoms with van der Waals surface area (Å²) in [7, 11) is 1.43. The zero-order valence-electron chi connectivity index (χ0n) is 12.1. The van der Waals surface area contributed by atoms with E-state index in [1.807, 2.05) is 0 Å². The highest BCUT2D eigenvalue weighted by Gasteiger charge is 2.15. The van der Waals surface area contributed by atoms with Crippen molar-refractivity contribution in [1.82, 2.24) is 4.98 Å². The smallest absolute Gasteiger partial charge is 0.342 e. The molecule has 0 bridgehead atoms. The van der Waals surface area contributed by atoms with Gasteiger partial charge in [-0.15, -0.1) is 0 Å². The van der Waals surface area contributed by atoms with Gasteiger partial charge in [0.25, 0.3) is 5.91 Å². The number of hydrogen-bond donors (Lipinski definition) is 2. The van der Waals surface area contributed by atoms with E-state index < -0.39 is 18.5 Å². The molecule has 0 aliphatic carbocycles. The Hall–Kier alpha value is -2.80. The molecule has 1 heterocycles. The van der Waals surface area contributed by atoms with Crippen LogP contribution < -0.4 is 10.1 Å². The maximum atomic E-state index is 11.8. The Morgan fingerprint density at radius 3 is 2.78 bits per heavy atom. The molecule has 23 heavy (non-hydrogen) atoms. The van der Waals surface area contributed by atoms with Gasteiger partial charge in [0.1, 0.15) is 17.1 Å². The molecule has 1 amide bonds. The number of nitrogens with zero attached hydrogens (tertiary/aromatic N) is 1. The quantitative estimate of drug-likeness (QED) is 0.642. The largest absolute Gasteiger partial charge is 0.507 e. The molecule has 7 nitrogen and oxygen atoms in total. The first-order chi connectivity index (χ1) is 11.0. The predicted octanol–water partition coefficient (Wildman–Crippen LogP) is 2.24. The van der Waals surface area contributed by atoms with Crippen LogP contribution in [0.25, 0.3) is 0 Å². The number of nitrogens with one attached hydrogen (secondary N) is 1. The summed E-state index contributed by atoms with van der Waals surface area (Å²) in [5.41, 5.74) is 0.237. The number of rotatable bonds is 5. The van der Waals surface area contributed by atoms with Gasteiger partial charge in [0, 0.05) is 12.3 Å².